The summed E-state index contributed by atoms with van der Waals surface area (Å²) < 4.78 is 57.6. The van der Waals surface area contributed by atoms with Crippen LogP contribution in [0.5, 0.6) is 0 Å². The van der Waals surface area contributed by atoms with Crippen molar-refractivity contribution in [1.82, 2.24) is 6.15 Å². The van der Waals surface area contributed by atoms with E-state index in [2.05, 4.69) is 2.84 Å². The van der Waals surface area contributed by atoms with Gasteiger partial charge in [-0.2, -0.15) is 0 Å². The zero-order valence-corrected chi connectivity index (χ0v) is 8.21. The molecule has 0 heterocycles. The summed E-state index contributed by atoms with van der Waals surface area (Å²) in [6.45, 7) is 0. The Hall–Kier alpha value is 0.624. The molecule has 0 aromatic heterocycles. The van der Waals surface area contributed by atoms with Gasteiger partial charge >= 0.3 is 70.7 Å². The first-order chi connectivity index (χ1) is 3.71. The molecular formula is H4Cr2CuNO7. The average Bonchev–Trinajstić information content (AvgIpc) is 1.14. The minimum atomic E-state index is -6.01. The third-order valence-electron chi connectivity index (χ3n) is 0.169. The quantitative estimate of drug-likeness (QED) is 0.547. The van der Waals surface area contributed by atoms with E-state index in [-0.39, 0.29) is 23.2 Å². The maximum absolute atomic E-state index is 9.49. The molecule has 0 amide bonds. The summed E-state index contributed by atoms with van der Waals surface area (Å²) in [4.78, 5) is 0. The van der Waals surface area contributed by atoms with Gasteiger partial charge < -0.3 is 6.15 Å². The molecule has 74 valence electrons. The van der Waals surface area contributed by atoms with Crippen LogP contribution in [0.2, 0.25) is 0 Å². The molecule has 0 aromatic rings. The molecule has 0 radical (unpaired) electrons. The van der Waals surface area contributed by atoms with Crippen LogP contribution >= 0.6 is 0 Å². The molecule has 0 aliphatic heterocycles. The molecule has 11 heteroatoms. The second-order valence-electron chi connectivity index (χ2n) is 0.904. The van der Waals surface area contributed by atoms with Gasteiger partial charge in [0, 0.05) is 0 Å². The van der Waals surface area contributed by atoms with E-state index in [9.17, 15) is 19.4 Å². The van der Waals surface area contributed by atoms with E-state index in [0.29, 0.717) is 0 Å². The molecule has 0 saturated heterocycles. The van der Waals surface area contributed by atoms with Gasteiger partial charge in [0.2, 0.25) is 0 Å². The molecule has 11 heavy (non-hydrogen) atoms. The van der Waals surface area contributed by atoms with Crippen LogP contribution in [0.3, 0.4) is 0 Å². The average molecular weight is 298 g/mol. The fourth-order valence-electron chi connectivity index (χ4n) is 0.105. The monoisotopic (exact) mass is 297 g/mol. The summed E-state index contributed by atoms with van der Waals surface area (Å²) in [5.74, 6) is 0. The van der Waals surface area contributed by atoms with E-state index < -0.39 is 27.2 Å². The summed E-state index contributed by atoms with van der Waals surface area (Å²) >= 11 is -11.8. The van der Waals surface area contributed by atoms with Crippen LogP contribution in [0.1, 0.15) is 0 Å². The Morgan fingerprint density at radius 2 is 1.45 bits per heavy atom. The normalized spacial score (nSPS) is 11.1. The summed E-state index contributed by atoms with van der Waals surface area (Å²) in [5, 5.41) is 0. The van der Waals surface area contributed by atoms with Crippen molar-refractivity contribution in [2.24, 2.45) is 0 Å². The minimum absolute atomic E-state index is 0. The van der Waals surface area contributed by atoms with Gasteiger partial charge in [0.25, 0.3) is 0 Å². The molecule has 0 aliphatic rings. The molecule has 0 aliphatic carbocycles. The Labute approximate surface area is 76.8 Å². The summed E-state index contributed by atoms with van der Waals surface area (Å²) in [5.41, 5.74) is 0. The van der Waals surface area contributed by atoms with Gasteiger partial charge in [-0.1, -0.05) is 0 Å². The Morgan fingerprint density at radius 3 is 1.45 bits per heavy atom. The predicted molar refractivity (Wildman–Crippen MR) is 11.1 cm³/mol. The van der Waals surface area contributed by atoms with Crippen molar-refractivity contribution in [2.75, 3.05) is 0 Å². The van der Waals surface area contributed by atoms with Crippen LogP contribution in [0.15, 0.2) is 0 Å². The SMILES string of the molecule is N.[Cu+].[O]=[Cr](=[O])([O-])[O][Cr](=[O])(=[O])[OH]. The van der Waals surface area contributed by atoms with Crippen molar-refractivity contribution in [3.63, 3.8) is 0 Å². The molecule has 0 aromatic carbocycles. The van der Waals surface area contributed by atoms with Crippen molar-refractivity contribution < 1.29 is 70.7 Å². The van der Waals surface area contributed by atoms with E-state index in [1.165, 1.54) is 0 Å². The summed E-state index contributed by atoms with van der Waals surface area (Å²) in [7, 11) is 0. The molecule has 0 saturated carbocycles. The van der Waals surface area contributed by atoms with Crippen LogP contribution in [-0.2, 0) is 62.3 Å². The standard InChI is InChI=1S/2Cr.Cu.H3N.H2O.6O/h;;;1H3;1H2;;;;;;/q;2*+1;;;;;;;;-1/p-1. The molecule has 0 bridgehead atoms. The third kappa shape index (κ3) is 18.0. The van der Waals surface area contributed by atoms with Crippen LogP contribution in [-0.4, -0.2) is 4.16 Å². The van der Waals surface area contributed by atoms with Crippen molar-refractivity contribution >= 4 is 0 Å². The Kier molecular flexibility index (Phi) is 8.50. The van der Waals surface area contributed by atoms with E-state index >= 15 is 0 Å². The Morgan fingerprint density at radius 1 is 1.18 bits per heavy atom. The second-order valence-corrected chi connectivity index (χ2v) is 4.60. The third-order valence-corrected chi connectivity index (χ3v) is 2.88. The summed E-state index contributed by atoms with van der Waals surface area (Å²) in [6.07, 6.45) is 0. The van der Waals surface area contributed by atoms with Crippen LogP contribution < -0.4 is 10.3 Å². The molecule has 0 unspecified atom stereocenters. The van der Waals surface area contributed by atoms with Crippen LogP contribution in [0, 0.1) is 0 Å². The van der Waals surface area contributed by atoms with E-state index in [1.54, 1.807) is 0 Å². The Balaban J connectivity index is -0.000000320. The first-order valence-electron chi connectivity index (χ1n) is 1.35. The molecule has 0 spiro atoms. The van der Waals surface area contributed by atoms with E-state index in [4.69, 9.17) is 4.16 Å². The van der Waals surface area contributed by atoms with Gasteiger partial charge in [-0.25, -0.2) is 0 Å². The fourth-order valence-corrected chi connectivity index (χ4v) is 1.79. The molecule has 0 fully saturated rings. The number of hydrogen-bond donors (Lipinski definition) is 2. The van der Waals surface area contributed by atoms with Gasteiger partial charge in [0.15, 0.2) is 0 Å². The summed E-state index contributed by atoms with van der Waals surface area (Å²) in [6, 6.07) is 0. The second kappa shape index (κ2) is 5.30. The molecule has 8 nitrogen and oxygen atoms in total. The van der Waals surface area contributed by atoms with Crippen LogP contribution in [0.4, 0.5) is 0 Å². The zero-order chi connectivity index (χ0) is 7.71. The van der Waals surface area contributed by atoms with Gasteiger partial charge in [-0.15, -0.1) is 0 Å². The number of rotatable bonds is 2. The zero-order valence-electron chi connectivity index (χ0n) is 4.72. The van der Waals surface area contributed by atoms with Crippen molar-refractivity contribution in [3.05, 3.63) is 0 Å². The van der Waals surface area contributed by atoms with Gasteiger partial charge in [0.1, 0.15) is 0 Å². The van der Waals surface area contributed by atoms with Crippen molar-refractivity contribution in [1.29, 1.82) is 0 Å². The first kappa shape index (κ1) is 17.6. The fraction of sp³-hybridized carbons (Fsp3) is 0. The molecule has 0 atom stereocenters. The molecule has 4 N–H and O–H groups in total. The molecule has 0 rings (SSSR count). The number of hydrogen-bond acceptors (Lipinski definition) is 7. The molecular weight excluding hydrogens is 294 g/mol. The topological polar surface area (TPSA) is 156 Å². The van der Waals surface area contributed by atoms with E-state index in [1.807, 2.05) is 0 Å². The van der Waals surface area contributed by atoms with Gasteiger partial charge in [-0.3, -0.25) is 0 Å². The maximum atomic E-state index is 9.49. The van der Waals surface area contributed by atoms with Crippen molar-refractivity contribution in [3.8, 4) is 0 Å². The van der Waals surface area contributed by atoms with E-state index in [0.717, 1.165) is 0 Å². The van der Waals surface area contributed by atoms with Gasteiger partial charge in [0.05, 0.1) is 0 Å². The van der Waals surface area contributed by atoms with Crippen molar-refractivity contribution in [2.45, 2.75) is 0 Å². The first-order valence-corrected chi connectivity index (χ1v) is 5.56. The van der Waals surface area contributed by atoms with Crippen LogP contribution in [0.25, 0.3) is 0 Å². The Bertz CT molecular complexity index is 242. The predicted octanol–water partition coefficient (Wildman–Crippen LogP) is -2.14. The van der Waals surface area contributed by atoms with Gasteiger partial charge in [-0.05, 0) is 0 Å².